The Labute approximate surface area is 94.9 Å². The molecule has 6 nitrogen and oxygen atoms in total. The van der Waals surface area contributed by atoms with Crippen LogP contribution in [0.3, 0.4) is 0 Å². The number of hydrogen-bond donors (Lipinski definition) is 3. The largest absolute Gasteiger partial charge is 0.335 e. The highest BCUT2D eigenvalue weighted by Crippen LogP contribution is 2.20. The highest BCUT2D eigenvalue weighted by molar-refractivity contribution is 7.89. The van der Waals surface area contributed by atoms with Gasteiger partial charge in [-0.25, -0.2) is 18.1 Å². The summed E-state index contributed by atoms with van der Waals surface area (Å²) in [6, 6.07) is 0. The van der Waals surface area contributed by atoms with Gasteiger partial charge in [0.2, 0.25) is 0 Å². The average molecular weight is 244 g/mol. The number of H-pyrrole nitrogens is 1. The molecule has 7 heteroatoms. The van der Waals surface area contributed by atoms with E-state index in [4.69, 9.17) is 0 Å². The van der Waals surface area contributed by atoms with E-state index in [1.165, 1.54) is 12.5 Å². The highest BCUT2D eigenvalue weighted by Gasteiger charge is 2.32. The zero-order chi connectivity index (χ0) is 11.6. The number of piperidine rings is 1. The predicted molar refractivity (Wildman–Crippen MR) is 59.4 cm³/mol. The van der Waals surface area contributed by atoms with E-state index in [-0.39, 0.29) is 10.6 Å². The van der Waals surface area contributed by atoms with E-state index in [0.717, 1.165) is 25.9 Å². The maximum absolute atomic E-state index is 12.0. The number of nitrogens with zero attached hydrogens (tertiary/aromatic N) is 1. The van der Waals surface area contributed by atoms with Gasteiger partial charge >= 0.3 is 0 Å². The van der Waals surface area contributed by atoms with Gasteiger partial charge in [-0.2, -0.15) is 0 Å². The molecular formula is C9H16N4O2S. The Morgan fingerprint density at radius 3 is 2.69 bits per heavy atom. The molecule has 0 aromatic carbocycles. The fourth-order valence-electron chi connectivity index (χ4n) is 1.85. The Bertz CT molecular complexity index is 434. The number of aromatic amines is 1. The maximum Gasteiger partial charge on any atom is 0.258 e. The summed E-state index contributed by atoms with van der Waals surface area (Å²) in [5.41, 5.74) is -0.366. The first-order valence-corrected chi connectivity index (χ1v) is 6.73. The van der Waals surface area contributed by atoms with Crippen LogP contribution in [0.2, 0.25) is 0 Å². The lowest BCUT2D eigenvalue weighted by atomic mass is 9.92. The van der Waals surface area contributed by atoms with Crippen LogP contribution in [0.15, 0.2) is 17.6 Å². The molecular weight excluding hydrogens is 228 g/mol. The zero-order valence-electron chi connectivity index (χ0n) is 9.16. The SMILES string of the molecule is CC1(NS(=O)(=O)c2cnc[nH]2)CCNCC1. The Balaban J connectivity index is 2.14. The topological polar surface area (TPSA) is 86.9 Å². The third-order valence-electron chi connectivity index (χ3n) is 2.85. The molecule has 1 aromatic heterocycles. The molecule has 0 spiro atoms. The van der Waals surface area contributed by atoms with Gasteiger partial charge in [0.15, 0.2) is 5.03 Å². The molecule has 0 atom stereocenters. The summed E-state index contributed by atoms with van der Waals surface area (Å²) in [6.45, 7) is 3.60. The molecule has 0 amide bonds. The summed E-state index contributed by atoms with van der Waals surface area (Å²) in [4.78, 5) is 6.32. The molecule has 90 valence electrons. The molecule has 2 heterocycles. The monoisotopic (exact) mass is 244 g/mol. The molecule has 0 radical (unpaired) electrons. The fraction of sp³-hybridized carbons (Fsp3) is 0.667. The molecule has 0 unspecified atom stereocenters. The van der Waals surface area contributed by atoms with Crippen molar-refractivity contribution < 1.29 is 8.42 Å². The molecule has 0 aliphatic carbocycles. The zero-order valence-corrected chi connectivity index (χ0v) is 9.97. The van der Waals surface area contributed by atoms with E-state index in [1.807, 2.05) is 6.92 Å². The molecule has 1 aliphatic heterocycles. The van der Waals surface area contributed by atoms with E-state index in [2.05, 4.69) is 20.0 Å². The van der Waals surface area contributed by atoms with Crippen LogP contribution in [0.4, 0.5) is 0 Å². The third-order valence-corrected chi connectivity index (χ3v) is 4.41. The molecule has 2 rings (SSSR count). The normalized spacial score (nSPS) is 20.8. The number of imidazole rings is 1. The molecule has 1 aliphatic rings. The van der Waals surface area contributed by atoms with Gasteiger partial charge in [0.1, 0.15) is 0 Å². The second kappa shape index (κ2) is 4.15. The molecule has 1 aromatic rings. The van der Waals surface area contributed by atoms with Crippen molar-refractivity contribution in [2.75, 3.05) is 13.1 Å². The minimum atomic E-state index is -3.47. The van der Waals surface area contributed by atoms with E-state index in [9.17, 15) is 8.42 Å². The molecule has 0 bridgehead atoms. The Morgan fingerprint density at radius 2 is 2.12 bits per heavy atom. The lowest BCUT2D eigenvalue weighted by molar-refractivity contribution is 0.307. The highest BCUT2D eigenvalue weighted by atomic mass is 32.2. The number of aromatic nitrogens is 2. The lowest BCUT2D eigenvalue weighted by Gasteiger charge is -2.34. The number of hydrogen-bond acceptors (Lipinski definition) is 4. The van der Waals surface area contributed by atoms with E-state index >= 15 is 0 Å². The van der Waals surface area contributed by atoms with Crippen LogP contribution in [-0.4, -0.2) is 37.0 Å². The van der Waals surface area contributed by atoms with Crippen molar-refractivity contribution in [1.29, 1.82) is 0 Å². The summed E-state index contributed by atoms with van der Waals surface area (Å²) >= 11 is 0. The third kappa shape index (κ3) is 2.42. The minimum Gasteiger partial charge on any atom is -0.335 e. The lowest BCUT2D eigenvalue weighted by Crippen LogP contribution is -2.52. The van der Waals surface area contributed by atoms with Gasteiger partial charge in [0, 0.05) is 5.54 Å². The number of sulfonamides is 1. The van der Waals surface area contributed by atoms with Crippen molar-refractivity contribution in [2.45, 2.75) is 30.3 Å². The fourth-order valence-corrected chi connectivity index (χ4v) is 3.22. The smallest absolute Gasteiger partial charge is 0.258 e. The van der Waals surface area contributed by atoms with Crippen molar-refractivity contribution in [3.63, 3.8) is 0 Å². The van der Waals surface area contributed by atoms with Gasteiger partial charge in [-0.1, -0.05) is 0 Å². The van der Waals surface area contributed by atoms with E-state index < -0.39 is 10.0 Å². The summed E-state index contributed by atoms with van der Waals surface area (Å²) in [6.07, 6.45) is 4.26. The molecule has 16 heavy (non-hydrogen) atoms. The number of rotatable bonds is 3. The molecule has 1 fully saturated rings. The second-order valence-corrected chi connectivity index (χ2v) is 5.98. The van der Waals surface area contributed by atoms with Crippen molar-refractivity contribution in [3.8, 4) is 0 Å². The average Bonchev–Trinajstić information content (AvgIpc) is 2.70. The Hall–Kier alpha value is -0.920. The maximum atomic E-state index is 12.0. The van der Waals surface area contributed by atoms with Crippen molar-refractivity contribution in [3.05, 3.63) is 12.5 Å². The van der Waals surface area contributed by atoms with Crippen LogP contribution in [-0.2, 0) is 10.0 Å². The molecule has 3 N–H and O–H groups in total. The van der Waals surface area contributed by atoms with E-state index in [1.54, 1.807) is 0 Å². The Kier molecular flexibility index (Phi) is 3.00. The Morgan fingerprint density at radius 1 is 1.44 bits per heavy atom. The minimum absolute atomic E-state index is 0.118. The van der Waals surface area contributed by atoms with Crippen LogP contribution < -0.4 is 10.0 Å². The summed E-state index contributed by atoms with van der Waals surface area (Å²) in [5, 5.41) is 3.32. The summed E-state index contributed by atoms with van der Waals surface area (Å²) in [5.74, 6) is 0. The summed E-state index contributed by atoms with van der Waals surface area (Å²) in [7, 11) is -3.47. The quantitative estimate of drug-likeness (QED) is 0.689. The van der Waals surface area contributed by atoms with Crippen LogP contribution >= 0.6 is 0 Å². The summed E-state index contributed by atoms with van der Waals surface area (Å²) < 4.78 is 26.7. The van der Waals surface area contributed by atoms with Gasteiger partial charge in [0.05, 0.1) is 12.5 Å². The molecule has 0 saturated carbocycles. The van der Waals surface area contributed by atoms with Gasteiger partial charge in [-0.05, 0) is 32.9 Å². The van der Waals surface area contributed by atoms with Crippen molar-refractivity contribution in [1.82, 2.24) is 20.0 Å². The van der Waals surface area contributed by atoms with Gasteiger partial charge in [0.25, 0.3) is 10.0 Å². The first-order chi connectivity index (χ1) is 7.52. The first kappa shape index (κ1) is 11.6. The van der Waals surface area contributed by atoms with Gasteiger partial charge < -0.3 is 10.3 Å². The van der Waals surface area contributed by atoms with Gasteiger partial charge in [-0.3, -0.25) is 0 Å². The predicted octanol–water partition coefficient (Wildman–Crippen LogP) is -0.170. The second-order valence-electron chi connectivity index (χ2n) is 4.33. The van der Waals surface area contributed by atoms with Crippen LogP contribution in [0.1, 0.15) is 19.8 Å². The standard InChI is InChI=1S/C9H16N4O2S/c1-9(2-4-10-5-3-9)13-16(14,15)8-6-11-7-12-8/h6-7,10,13H,2-5H2,1H3,(H,11,12). The van der Waals surface area contributed by atoms with Gasteiger partial charge in [-0.15, -0.1) is 0 Å². The first-order valence-electron chi connectivity index (χ1n) is 5.25. The van der Waals surface area contributed by atoms with Crippen molar-refractivity contribution >= 4 is 10.0 Å². The van der Waals surface area contributed by atoms with Crippen molar-refractivity contribution in [2.24, 2.45) is 0 Å². The van der Waals surface area contributed by atoms with Crippen LogP contribution in [0.5, 0.6) is 0 Å². The number of nitrogens with one attached hydrogen (secondary N) is 3. The van der Waals surface area contributed by atoms with Crippen LogP contribution in [0, 0.1) is 0 Å². The van der Waals surface area contributed by atoms with Crippen LogP contribution in [0.25, 0.3) is 0 Å². The van der Waals surface area contributed by atoms with E-state index in [0.29, 0.717) is 0 Å². The molecule has 1 saturated heterocycles.